The highest BCUT2D eigenvalue weighted by Crippen LogP contribution is 2.35. The van der Waals surface area contributed by atoms with Crippen molar-refractivity contribution in [3.8, 4) is 0 Å². The summed E-state index contributed by atoms with van der Waals surface area (Å²) in [6.45, 7) is 1.62. The van der Waals surface area contributed by atoms with E-state index in [2.05, 4.69) is 10.3 Å². The Labute approximate surface area is 213 Å². The Morgan fingerprint density at radius 3 is 2.30 bits per heavy atom. The average Bonchev–Trinajstić information content (AvgIpc) is 3.61. The van der Waals surface area contributed by atoms with E-state index in [1.54, 1.807) is 12.1 Å². The van der Waals surface area contributed by atoms with Gasteiger partial charge in [0, 0.05) is 6.42 Å². The smallest absolute Gasteiger partial charge is 0.264 e. The molecule has 0 spiro atoms. The normalized spacial score (nSPS) is 22.6. The second-order valence-corrected chi connectivity index (χ2v) is 9.27. The quantitative estimate of drug-likeness (QED) is 0.508. The number of imide groups is 1. The molecule has 0 aromatic heterocycles. The zero-order chi connectivity index (χ0) is 25.5. The summed E-state index contributed by atoms with van der Waals surface area (Å²) in [6, 6.07) is 24.5. The maximum Gasteiger partial charge on any atom is 0.264 e. The molecule has 3 aliphatic heterocycles. The molecule has 3 aromatic rings. The molecule has 3 unspecified atom stereocenters. The molecule has 37 heavy (non-hydrogen) atoms. The number of rotatable bonds is 5. The van der Waals surface area contributed by atoms with Crippen LogP contribution in [-0.4, -0.2) is 52.1 Å². The van der Waals surface area contributed by atoms with Gasteiger partial charge in [0.2, 0.25) is 0 Å². The molecule has 0 radical (unpaired) electrons. The lowest BCUT2D eigenvalue weighted by molar-refractivity contribution is -0.135. The van der Waals surface area contributed by atoms with Crippen molar-refractivity contribution in [1.29, 1.82) is 0 Å². The summed E-state index contributed by atoms with van der Waals surface area (Å²) in [5.74, 6) is -1.19. The lowest BCUT2D eigenvalue weighted by atomic mass is 9.98. The van der Waals surface area contributed by atoms with Gasteiger partial charge < -0.3 is 0 Å². The number of hydrazone groups is 1. The summed E-state index contributed by atoms with van der Waals surface area (Å²) in [5.41, 5.74) is 4.04. The van der Waals surface area contributed by atoms with Gasteiger partial charge in [-0.05, 0) is 29.7 Å². The van der Waals surface area contributed by atoms with E-state index < -0.39 is 23.9 Å². The molecule has 9 nitrogen and oxygen atoms in total. The highest BCUT2D eigenvalue weighted by atomic mass is 16.2. The third-order valence-corrected chi connectivity index (χ3v) is 6.97. The number of hydrogen-bond donors (Lipinski definition) is 0. The van der Waals surface area contributed by atoms with Crippen molar-refractivity contribution in [3.05, 3.63) is 102 Å². The van der Waals surface area contributed by atoms with Crippen molar-refractivity contribution in [1.82, 2.24) is 10.0 Å². The number of anilines is 1. The summed E-state index contributed by atoms with van der Waals surface area (Å²) in [5, 5.41) is 15.6. The minimum atomic E-state index is -0.966. The van der Waals surface area contributed by atoms with E-state index in [0.717, 1.165) is 27.3 Å². The first-order valence-corrected chi connectivity index (χ1v) is 12.1. The van der Waals surface area contributed by atoms with Crippen LogP contribution in [0.15, 0.2) is 100 Å². The number of hydrogen-bond acceptors (Lipinski definition) is 7. The van der Waals surface area contributed by atoms with E-state index in [1.807, 2.05) is 79.7 Å². The maximum atomic E-state index is 13.6. The van der Waals surface area contributed by atoms with Crippen molar-refractivity contribution in [2.75, 3.05) is 11.4 Å². The molecule has 3 heterocycles. The molecule has 1 fully saturated rings. The minimum Gasteiger partial charge on any atom is -0.271 e. The van der Waals surface area contributed by atoms with Crippen LogP contribution in [-0.2, 0) is 14.4 Å². The number of para-hydroxylation sites is 1. The topological polar surface area (TPSA) is 98.0 Å². The molecule has 3 atom stereocenters. The van der Waals surface area contributed by atoms with Crippen molar-refractivity contribution < 1.29 is 14.4 Å². The lowest BCUT2D eigenvalue weighted by Gasteiger charge is -2.25. The molecule has 6 rings (SSSR count). The van der Waals surface area contributed by atoms with Crippen molar-refractivity contribution in [2.24, 2.45) is 15.4 Å². The molecule has 184 valence electrons. The van der Waals surface area contributed by atoms with Gasteiger partial charge in [-0.25, -0.2) is 9.91 Å². The average molecular weight is 493 g/mol. The van der Waals surface area contributed by atoms with Gasteiger partial charge in [-0.1, -0.05) is 84.1 Å². The fourth-order valence-corrected chi connectivity index (χ4v) is 5.10. The number of benzene rings is 3. The highest BCUT2D eigenvalue weighted by Gasteiger charge is 2.55. The second-order valence-electron chi connectivity index (χ2n) is 9.27. The van der Waals surface area contributed by atoms with Crippen LogP contribution in [0.5, 0.6) is 0 Å². The second kappa shape index (κ2) is 9.09. The number of carbonyl (C=O) groups excluding carboxylic acids is 3. The Balaban J connectivity index is 1.26. The van der Waals surface area contributed by atoms with Crippen LogP contribution in [0, 0.1) is 6.92 Å². The Morgan fingerprint density at radius 1 is 0.892 bits per heavy atom. The van der Waals surface area contributed by atoms with Gasteiger partial charge in [0.25, 0.3) is 17.7 Å². The predicted octanol–water partition coefficient (Wildman–Crippen LogP) is 3.67. The van der Waals surface area contributed by atoms with E-state index in [-0.39, 0.29) is 18.5 Å². The Kier molecular flexibility index (Phi) is 5.60. The molecule has 0 saturated carbocycles. The van der Waals surface area contributed by atoms with E-state index in [9.17, 15) is 14.4 Å². The van der Waals surface area contributed by atoms with Gasteiger partial charge in [-0.15, -0.1) is 0 Å². The van der Waals surface area contributed by atoms with Crippen LogP contribution < -0.4 is 4.90 Å². The first-order valence-electron chi connectivity index (χ1n) is 12.1. The van der Waals surface area contributed by atoms with E-state index >= 15 is 0 Å². The van der Waals surface area contributed by atoms with Crippen LogP contribution in [0.1, 0.15) is 29.2 Å². The highest BCUT2D eigenvalue weighted by molar-refractivity contribution is 6.25. The number of nitrogens with zero attached hydrogens (tertiary/aromatic N) is 6. The summed E-state index contributed by atoms with van der Waals surface area (Å²) in [6.07, 6.45) is 0.561. The number of fused-ring (bicyclic) bond motifs is 1. The third-order valence-electron chi connectivity index (χ3n) is 6.97. The van der Waals surface area contributed by atoms with Gasteiger partial charge in [0.1, 0.15) is 6.54 Å². The summed E-state index contributed by atoms with van der Waals surface area (Å²) in [4.78, 5) is 41.2. The molecule has 0 bridgehead atoms. The molecule has 9 heteroatoms. The van der Waals surface area contributed by atoms with E-state index in [4.69, 9.17) is 5.10 Å². The Bertz CT molecular complexity index is 1440. The van der Waals surface area contributed by atoms with Gasteiger partial charge in [0.05, 0.1) is 17.4 Å². The number of carbonyl (C=O) groups is 3. The van der Waals surface area contributed by atoms with Gasteiger partial charge in [0.15, 0.2) is 12.1 Å². The fourth-order valence-electron chi connectivity index (χ4n) is 5.10. The zero-order valence-electron chi connectivity index (χ0n) is 20.1. The van der Waals surface area contributed by atoms with Crippen LogP contribution in [0.2, 0.25) is 0 Å². The largest absolute Gasteiger partial charge is 0.271 e. The van der Waals surface area contributed by atoms with E-state index in [1.165, 1.54) is 10.0 Å². The number of aryl methyl sites for hydroxylation is 1. The van der Waals surface area contributed by atoms with Crippen LogP contribution >= 0.6 is 0 Å². The lowest BCUT2D eigenvalue weighted by Crippen LogP contribution is -2.44. The molecular weight excluding hydrogens is 468 g/mol. The maximum absolute atomic E-state index is 13.6. The van der Waals surface area contributed by atoms with Crippen LogP contribution in [0.25, 0.3) is 0 Å². The predicted molar refractivity (Wildman–Crippen MR) is 136 cm³/mol. The molecule has 3 amide bonds. The Hall–Kier alpha value is -4.66. The molecular formula is C28H24N6O3. The minimum absolute atomic E-state index is 0.222. The molecule has 0 aliphatic carbocycles. The van der Waals surface area contributed by atoms with Crippen molar-refractivity contribution in [3.63, 3.8) is 0 Å². The van der Waals surface area contributed by atoms with Crippen molar-refractivity contribution in [2.45, 2.75) is 31.5 Å². The van der Waals surface area contributed by atoms with Crippen LogP contribution in [0.3, 0.4) is 0 Å². The third kappa shape index (κ3) is 3.88. The molecule has 1 saturated heterocycles. The summed E-state index contributed by atoms with van der Waals surface area (Å²) < 4.78 is 0. The van der Waals surface area contributed by atoms with Crippen molar-refractivity contribution >= 4 is 29.1 Å². The van der Waals surface area contributed by atoms with Gasteiger partial charge in [-0.2, -0.15) is 10.2 Å². The standard InChI is InChI=1S/C28H24N6O3/c1-18-10-8-9-15-22(18)33-27(36)25-26(28(33)37)32(31-29-25)17-24(35)34-23(20-13-6-3-7-14-20)16-21(30-34)19-11-4-2-5-12-19/h2-15,23,25-26H,16-17H2,1H3. The van der Waals surface area contributed by atoms with Gasteiger partial charge in [-0.3, -0.25) is 19.4 Å². The fraction of sp³-hybridized carbons (Fsp3) is 0.214. The van der Waals surface area contributed by atoms with E-state index in [0.29, 0.717) is 12.1 Å². The molecule has 0 N–H and O–H groups in total. The zero-order valence-corrected chi connectivity index (χ0v) is 20.1. The van der Waals surface area contributed by atoms with Gasteiger partial charge >= 0.3 is 0 Å². The summed E-state index contributed by atoms with van der Waals surface area (Å²) >= 11 is 0. The SMILES string of the molecule is Cc1ccccc1N1C(=O)C2N=NN(CC(=O)N3N=C(c4ccccc4)CC3c3ccccc3)C2C1=O. The molecule has 3 aliphatic rings. The number of amides is 3. The monoisotopic (exact) mass is 492 g/mol. The summed E-state index contributed by atoms with van der Waals surface area (Å²) in [7, 11) is 0. The first kappa shape index (κ1) is 22.8. The van der Waals surface area contributed by atoms with Crippen LogP contribution in [0.4, 0.5) is 5.69 Å². The Morgan fingerprint density at radius 2 is 1.57 bits per heavy atom. The molecule has 3 aromatic carbocycles. The first-order chi connectivity index (χ1) is 18.0.